The molecule has 20 heavy (non-hydrogen) atoms. The first kappa shape index (κ1) is 14.4. The summed E-state index contributed by atoms with van der Waals surface area (Å²) in [4.78, 5) is 13.8. The fourth-order valence-electron chi connectivity index (χ4n) is 2.45. The number of nitrogens with zero attached hydrogens (tertiary/aromatic N) is 1. The number of hydrogen-bond acceptors (Lipinski definition) is 3. The first-order valence-corrected chi connectivity index (χ1v) is 7.05. The summed E-state index contributed by atoms with van der Waals surface area (Å²) >= 11 is 0. The van der Waals surface area contributed by atoms with Crippen molar-refractivity contribution in [3.05, 3.63) is 29.8 Å². The van der Waals surface area contributed by atoms with Gasteiger partial charge in [0.1, 0.15) is 0 Å². The van der Waals surface area contributed by atoms with Crippen LogP contribution in [0.5, 0.6) is 0 Å². The SMILES string of the molecule is C#CCNCC(=O)NCCCN1CCc2ccccc21. The van der Waals surface area contributed by atoms with E-state index in [-0.39, 0.29) is 12.5 Å². The summed E-state index contributed by atoms with van der Waals surface area (Å²) in [5, 5.41) is 5.76. The molecule has 0 unspecified atom stereocenters. The van der Waals surface area contributed by atoms with Crippen LogP contribution in [0.2, 0.25) is 0 Å². The Balaban J connectivity index is 1.63. The number of amides is 1. The quantitative estimate of drug-likeness (QED) is 0.569. The van der Waals surface area contributed by atoms with E-state index in [2.05, 4.69) is 45.7 Å². The molecule has 0 spiro atoms. The Morgan fingerprint density at radius 2 is 2.25 bits per heavy atom. The van der Waals surface area contributed by atoms with Gasteiger partial charge in [-0.25, -0.2) is 0 Å². The standard InChI is InChI=1S/C16H21N3O/c1-2-9-17-13-16(20)18-10-5-11-19-12-8-14-6-3-4-7-15(14)19/h1,3-4,6-7,17H,5,8-13H2,(H,18,20). The first-order valence-electron chi connectivity index (χ1n) is 7.05. The minimum atomic E-state index is 0.00192. The van der Waals surface area contributed by atoms with E-state index in [1.54, 1.807) is 0 Å². The second kappa shape index (κ2) is 7.56. The average molecular weight is 271 g/mol. The molecular formula is C16H21N3O. The van der Waals surface area contributed by atoms with E-state index < -0.39 is 0 Å². The Kier molecular flexibility index (Phi) is 5.45. The van der Waals surface area contributed by atoms with Gasteiger partial charge in [-0.1, -0.05) is 24.1 Å². The highest BCUT2D eigenvalue weighted by atomic mass is 16.1. The third kappa shape index (κ3) is 4.01. The van der Waals surface area contributed by atoms with Crippen LogP contribution in [0.15, 0.2) is 24.3 Å². The summed E-state index contributed by atoms with van der Waals surface area (Å²) in [7, 11) is 0. The van der Waals surface area contributed by atoms with Gasteiger partial charge < -0.3 is 10.2 Å². The molecule has 1 aliphatic rings. The molecule has 106 valence electrons. The largest absolute Gasteiger partial charge is 0.371 e. The van der Waals surface area contributed by atoms with Gasteiger partial charge in [-0.15, -0.1) is 6.42 Å². The summed E-state index contributed by atoms with van der Waals surface area (Å²) in [5.41, 5.74) is 2.77. The van der Waals surface area contributed by atoms with Crippen LogP contribution in [0.1, 0.15) is 12.0 Å². The van der Waals surface area contributed by atoms with Crippen molar-refractivity contribution in [2.75, 3.05) is 37.6 Å². The number of anilines is 1. The number of fused-ring (bicyclic) bond motifs is 1. The minimum absolute atomic E-state index is 0.00192. The third-order valence-corrected chi connectivity index (χ3v) is 3.42. The van der Waals surface area contributed by atoms with Crippen LogP contribution in [-0.2, 0) is 11.2 Å². The predicted molar refractivity (Wildman–Crippen MR) is 81.7 cm³/mol. The maximum absolute atomic E-state index is 11.5. The highest BCUT2D eigenvalue weighted by Crippen LogP contribution is 2.26. The van der Waals surface area contributed by atoms with E-state index >= 15 is 0 Å². The molecule has 0 radical (unpaired) electrons. The number of rotatable bonds is 7. The summed E-state index contributed by atoms with van der Waals surface area (Å²) in [6.07, 6.45) is 7.17. The topological polar surface area (TPSA) is 44.4 Å². The molecule has 1 heterocycles. The number of terminal acetylenes is 1. The van der Waals surface area contributed by atoms with E-state index in [9.17, 15) is 4.79 Å². The minimum Gasteiger partial charge on any atom is -0.371 e. The van der Waals surface area contributed by atoms with Crippen LogP contribution >= 0.6 is 0 Å². The Morgan fingerprint density at radius 3 is 3.10 bits per heavy atom. The monoisotopic (exact) mass is 271 g/mol. The van der Waals surface area contributed by atoms with Crippen LogP contribution in [-0.4, -0.2) is 38.6 Å². The van der Waals surface area contributed by atoms with Gasteiger partial charge in [-0.3, -0.25) is 10.1 Å². The molecule has 4 nitrogen and oxygen atoms in total. The van der Waals surface area contributed by atoms with Gasteiger partial charge in [-0.2, -0.15) is 0 Å². The lowest BCUT2D eigenvalue weighted by Gasteiger charge is -2.19. The Hall–Kier alpha value is -1.99. The van der Waals surface area contributed by atoms with Crippen LogP contribution in [0.25, 0.3) is 0 Å². The van der Waals surface area contributed by atoms with Gasteiger partial charge in [0.05, 0.1) is 13.1 Å². The molecule has 1 aromatic carbocycles. The van der Waals surface area contributed by atoms with Crippen molar-refractivity contribution < 1.29 is 4.79 Å². The molecule has 4 heteroatoms. The Bertz CT molecular complexity index is 493. The van der Waals surface area contributed by atoms with Gasteiger partial charge in [0.2, 0.25) is 5.91 Å². The molecule has 2 N–H and O–H groups in total. The Labute approximate surface area is 120 Å². The number of carbonyl (C=O) groups is 1. The molecule has 0 saturated carbocycles. The fraction of sp³-hybridized carbons (Fsp3) is 0.438. The Morgan fingerprint density at radius 1 is 1.40 bits per heavy atom. The molecule has 1 amide bonds. The zero-order valence-corrected chi connectivity index (χ0v) is 11.7. The second-order valence-electron chi connectivity index (χ2n) is 4.88. The summed E-state index contributed by atoms with van der Waals surface area (Å²) in [6.45, 7) is 3.48. The summed E-state index contributed by atoms with van der Waals surface area (Å²) < 4.78 is 0. The highest BCUT2D eigenvalue weighted by molar-refractivity contribution is 5.77. The van der Waals surface area contributed by atoms with Gasteiger partial charge in [0, 0.05) is 25.3 Å². The van der Waals surface area contributed by atoms with Gasteiger partial charge in [0.15, 0.2) is 0 Å². The van der Waals surface area contributed by atoms with Crippen molar-refractivity contribution in [3.63, 3.8) is 0 Å². The molecule has 0 aliphatic carbocycles. The van der Waals surface area contributed by atoms with Gasteiger partial charge >= 0.3 is 0 Å². The van der Waals surface area contributed by atoms with Crippen molar-refractivity contribution >= 4 is 11.6 Å². The van der Waals surface area contributed by atoms with Crippen molar-refractivity contribution in [1.29, 1.82) is 0 Å². The van der Waals surface area contributed by atoms with Crippen molar-refractivity contribution in [2.24, 2.45) is 0 Å². The summed E-state index contributed by atoms with van der Waals surface area (Å²) in [5.74, 6) is 2.44. The maximum atomic E-state index is 11.5. The smallest absolute Gasteiger partial charge is 0.233 e. The lowest BCUT2D eigenvalue weighted by molar-refractivity contribution is -0.120. The lowest BCUT2D eigenvalue weighted by Crippen LogP contribution is -2.35. The van der Waals surface area contributed by atoms with Crippen LogP contribution in [0.3, 0.4) is 0 Å². The van der Waals surface area contributed by atoms with Crippen molar-refractivity contribution in [3.8, 4) is 12.3 Å². The van der Waals surface area contributed by atoms with E-state index in [0.717, 1.165) is 25.9 Å². The number of nitrogens with one attached hydrogen (secondary N) is 2. The number of para-hydroxylation sites is 1. The van der Waals surface area contributed by atoms with E-state index in [0.29, 0.717) is 13.1 Å². The van der Waals surface area contributed by atoms with Crippen LogP contribution in [0, 0.1) is 12.3 Å². The molecule has 0 fully saturated rings. The van der Waals surface area contributed by atoms with E-state index in [1.807, 2.05) is 0 Å². The first-order chi connectivity index (χ1) is 9.81. The van der Waals surface area contributed by atoms with Crippen LogP contribution < -0.4 is 15.5 Å². The number of benzene rings is 1. The molecular weight excluding hydrogens is 250 g/mol. The zero-order chi connectivity index (χ0) is 14.2. The molecule has 0 atom stereocenters. The maximum Gasteiger partial charge on any atom is 0.233 e. The molecule has 0 bridgehead atoms. The average Bonchev–Trinajstić information content (AvgIpc) is 2.87. The lowest BCUT2D eigenvalue weighted by atomic mass is 10.2. The van der Waals surface area contributed by atoms with Gasteiger partial charge in [0.25, 0.3) is 0 Å². The van der Waals surface area contributed by atoms with Gasteiger partial charge in [-0.05, 0) is 24.5 Å². The third-order valence-electron chi connectivity index (χ3n) is 3.42. The fourth-order valence-corrected chi connectivity index (χ4v) is 2.45. The normalized spacial score (nSPS) is 12.8. The zero-order valence-electron chi connectivity index (χ0n) is 11.7. The molecule has 2 rings (SSSR count). The molecule has 1 aromatic rings. The highest BCUT2D eigenvalue weighted by Gasteiger charge is 2.17. The predicted octanol–water partition coefficient (Wildman–Crippen LogP) is 0.778. The molecule has 0 aromatic heterocycles. The molecule has 0 saturated heterocycles. The van der Waals surface area contributed by atoms with Crippen LogP contribution in [0.4, 0.5) is 5.69 Å². The molecule has 1 aliphatic heterocycles. The number of carbonyl (C=O) groups excluding carboxylic acids is 1. The van der Waals surface area contributed by atoms with E-state index in [1.165, 1.54) is 11.3 Å². The number of hydrogen-bond donors (Lipinski definition) is 2. The second-order valence-corrected chi connectivity index (χ2v) is 4.88. The summed E-state index contributed by atoms with van der Waals surface area (Å²) in [6, 6.07) is 8.53. The van der Waals surface area contributed by atoms with Crippen molar-refractivity contribution in [1.82, 2.24) is 10.6 Å². The van der Waals surface area contributed by atoms with Crippen molar-refractivity contribution in [2.45, 2.75) is 12.8 Å². The van der Waals surface area contributed by atoms with E-state index in [4.69, 9.17) is 6.42 Å².